The van der Waals surface area contributed by atoms with E-state index >= 15 is 0 Å². The zero-order chi connectivity index (χ0) is 17.8. The van der Waals surface area contributed by atoms with Gasteiger partial charge < -0.3 is 10.6 Å². The van der Waals surface area contributed by atoms with Crippen LogP contribution in [0.25, 0.3) is 0 Å². The monoisotopic (exact) mass is 395 g/mol. The number of hydrogen-bond acceptors (Lipinski definition) is 3. The van der Waals surface area contributed by atoms with E-state index in [2.05, 4.69) is 31.5 Å². The van der Waals surface area contributed by atoms with Gasteiger partial charge in [0.15, 0.2) is 0 Å². The van der Waals surface area contributed by atoms with E-state index in [1.807, 2.05) is 56.3 Å². The predicted molar refractivity (Wildman–Crippen MR) is 106 cm³/mol. The average Bonchev–Trinajstić information content (AvgIpc) is 2.60. The Morgan fingerprint density at radius 3 is 2.36 bits per heavy atom. The second-order valence-corrected chi connectivity index (χ2v) is 6.73. The highest BCUT2D eigenvalue weighted by molar-refractivity contribution is 9.10. The lowest BCUT2D eigenvalue weighted by Gasteiger charge is -2.10. The Hall–Kier alpha value is -2.66. The number of aryl methyl sites for hydroxylation is 2. The molecule has 0 fully saturated rings. The summed E-state index contributed by atoms with van der Waals surface area (Å²) in [7, 11) is 0. The summed E-state index contributed by atoms with van der Waals surface area (Å²) in [5.41, 5.74) is 5.23. The Kier molecular flexibility index (Phi) is 5.14. The number of carbonyl (C=O) groups is 1. The van der Waals surface area contributed by atoms with Gasteiger partial charge in [0.2, 0.25) is 0 Å². The number of nitrogens with one attached hydrogen (secondary N) is 2. The SMILES string of the molecule is Cc1ccc(Nc2cncc(C(=O)Nc3ccc(Br)c(C)c3)c2)cc1. The maximum atomic E-state index is 12.5. The van der Waals surface area contributed by atoms with E-state index < -0.39 is 0 Å². The zero-order valence-electron chi connectivity index (χ0n) is 14.0. The van der Waals surface area contributed by atoms with E-state index in [9.17, 15) is 4.79 Å². The Balaban J connectivity index is 1.74. The number of aromatic nitrogens is 1. The number of rotatable bonds is 4. The molecule has 0 saturated carbocycles. The molecule has 3 rings (SSSR count). The van der Waals surface area contributed by atoms with Crippen molar-refractivity contribution in [3.8, 4) is 0 Å². The number of anilines is 3. The van der Waals surface area contributed by atoms with Gasteiger partial charge in [-0.25, -0.2) is 0 Å². The molecule has 0 unspecified atom stereocenters. The van der Waals surface area contributed by atoms with E-state index in [1.54, 1.807) is 18.5 Å². The van der Waals surface area contributed by atoms with Crippen LogP contribution in [-0.4, -0.2) is 10.9 Å². The van der Waals surface area contributed by atoms with Gasteiger partial charge in [-0.2, -0.15) is 0 Å². The molecule has 0 aliphatic rings. The number of hydrogen-bond donors (Lipinski definition) is 2. The van der Waals surface area contributed by atoms with Crippen LogP contribution in [0.2, 0.25) is 0 Å². The van der Waals surface area contributed by atoms with E-state index in [1.165, 1.54) is 5.56 Å². The quantitative estimate of drug-likeness (QED) is 0.616. The molecule has 0 spiro atoms. The number of carbonyl (C=O) groups excluding carboxylic acids is 1. The molecule has 126 valence electrons. The predicted octanol–water partition coefficient (Wildman–Crippen LogP) is 5.46. The summed E-state index contributed by atoms with van der Waals surface area (Å²) >= 11 is 3.45. The first-order chi connectivity index (χ1) is 12.0. The van der Waals surface area contributed by atoms with Crippen LogP contribution >= 0.6 is 15.9 Å². The number of nitrogens with zero attached hydrogens (tertiary/aromatic N) is 1. The third-order valence-corrected chi connectivity index (χ3v) is 4.65. The second-order valence-electron chi connectivity index (χ2n) is 5.87. The fourth-order valence-electron chi connectivity index (χ4n) is 2.36. The van der Waals surface area contributed by atoms with Crippen molar-refractivity contribution >= 4 is 38.9 Å². The molecule has 1 aromatic heterocycles. The Morgan fingerprint density at radius 1 is 0.920 bits per heavy atom. The summed E-state index contributed by atoms with van der Waals surface area (Å²) in [4.78, 5) is 16.6. The van der Waals surface area contributed by atoms with Crippen LogP contribution < -0.4 is 10.6 Å². The van der Waals surface area contributed by atoms with Crippen LogP contribution in [0.5, 0.6) is 0 Å². The van der Waals surface area contributed by atoms with E-state index in [0.717, 1.165) is 27.1 Å². The molecule has 5 heteroatoms. The molecule has 0 radical (unpaired) electrons. The standard InChI is InChI=1S/C20H18BrN3O/c1-13-3-5-16(6-4-13)23-18-10-15(11-22-12-18)20(25)24-17-7-8-19(21)14(2)9-17/h3-12,23H,1-2H3,(H,24,25). The first-order valence-electron chi connectivity index (χ1n) is 7.87. The summed E-state index contributed by atoms with van der Waals surface area (Å²) in [6.07, 6.45) is 3.25. The van der Waals surface area contributed by atoms with Crippen molar-refractivity contribution in [3.63, 3.8) is 0 Å². The smallest absolute Gasteiger partial charge is 0.257 e. The Morgan fingerprint density at radius 2 is 1.64 bits per heavy atom. The molecule has 0 atom stereocenters. The number of pyridine rings is 1. The molecule has 0 saturated heterocycles. The minimum atomic E-state index is -0.193. The van der Waals surface area contributed by atoms with Gasteiger partial charge >= 0.3 is 0 Å². The zero-order valence-corrected chi connectivity index (χ0v) is 15.6. The van der Waals surface area contributed by atoms with Gasteiger partial charge in [0.25, 0.3) is 5.91 Å². The molecule has 0 aliphatic heterocycles. The van der Waals surface area contributed by atoms with Gasteiger partial charge in [-0.05, 0) is 55.8 Å². The largest absolute Gasteiger partial charge is 0.354 e. The molecule has 1 amide bonds. The summed E-state index contributed by atoms with van der Waals surface area (Å²) in [5.74, 6) is -0.193. The second kappa shape index (κ2) is 7.49. The molecule has 0 bridgehead atoms. The van der Waals surface area contributed by atoms with E-state index in [4.69, 9.17) is 0 Å². The normalized spacial score (nSPS) is 10.4. The first-order valence-corrected chi connectivity index (χ1v) is 8.67. The van der Waals surface area contributed by atoms with Crippen LogP contribution in [0.1, 0.15) is 21.5 Å². The van der Waals surface area contributed by atoms with E-state index in [-0.39, 0.29) is 5.91 Å². The van der Waals surface area contributed by atoms with Crippen molar-refractivity contribution < 1.29 is 4.79 Å². The van der Waals surface area contributed by atoms with Gasteiger partial charge in [-0.15, -0.1) is 0 Å². The van der Waals surface area contributed by atoms with Crippen LogP contribution in [0.4, 0.5) is 17.1 Å². The third kappa shape index (κ3) is 4.45. The Bertz CT molecular complexity index is 907. The Labute approximate surface area is 155 Å². The summed E-state index contributed by atoms with van der Waals surface area (Å²) in [6, 6.07) is 15.5. The third-order valence-electron chi connectivity index (χ3n) is 3.76. The lowest BCUT2D eigenvalue weighted by Crippen LogP contribution is -2.12. The lowest BCUT2D eigenvalue weighted by atomic mass is 10.2. The van der Waals surface area contributed by atoms with Crippen molar-refractivity contribution in [2.45, 2.75) is 13.8 Å². The van der Waals surface area contributed by atoms with Gasteiger partial charge in [0, 0.05) is 22.0 Å². The molecule has 2 aromatic carbocycles. The molecule has 3 aromatic rings. The highest BCUT2D eigenvalue weighted by Gasteiger charge is 2.08. The minimum absolute atomic E-state index is 0.193. The molecular formula is C20H18BrN3O. The highest BCUT2D eigenvalue weighted by atomic mass is 79.9. The van der Waals surface area contributed by atoms with Crippen molar-refractivity contribution in [1.82, 2.24) is 4.98 Å². The molecule has 25 heavy (non-hydrogen) atoms. The van der Waals surface area contributed by atoms with Crippen LogP contribution in [-0.2, 0) is 0 Å². The fraction of sp³-hybridized carbons (Fsp3) is 0.100. The molecule has 0 aliphatic carbocycles. The van der Waals surface area contributed by atoms with Crippen LogP contribution in [0, 0.1) is 13.8 Å². The van der Waals surface area contributed by atoms with Crippen molar-refractivity contribution in [3.05, 3.63) is 82.1 Å². The maximum absolute atomic E-state index is 12.5. The van der Waals surface area contributed by atoms with E-state index in [0.29, 0.717) is 5.56 Å². The average molecular weight is 396 g/mol. The number of halogens is 1. The number of amides is 1. The number of benzene rings is 2. The van der Waals surface area contributed by atoms with Crippen molar-refractivity contribution in [2.75, 3.05) is 10.6 Å². The molecular weight excluding hydrogens is 378 g/mol. The van der Waals surface area contributed by atoms with Gasteiger partial charge in [-0.3, -0.25) is 9.78 Å². The van der Waals surface area contributed by atoms with Gasteiger partial charge in [0.1, 0.15) is 0 Å². The molecule has 1 heterocycles. The van der Waals surface area contributed by atoms with Gasteiger partial charge in [-0.1, -0.05) is 33.6 Å². The lowest BCUT2D eigenvalue weighted by molar-refractivity contribution is 0.102. The van der Waals surface area contributed by atoms with Crippen molar-refractivity contribution in [1.29, 1.82) is 0 Å². The van der Waals surface area contributed by atoms with Gasteiger partial charge in [0.05, 0.1) is 17.4 Å². The first kappa shape index (κ1) is 17.2. The summed E-state index contributed by atoms with van der Waals surface area (Å²) in [5, 5.41) is 6.16. The van der Waals surface area contributed by atoms with Crippen molar-refractivity contribution in [2.24, 2.45) is 0 Å². The van der Waals surface area contributed by atoms with Crippen LogP contribution in [0.15, 0.2) is 65.4 Å². The van der Waals surface area contributed by atoms with Crippen LogP contribution in [0.3, 0.4) is 0 Å². The molecule has 4 nitrogen and oxygen atoms in total. The topological polar surface area (TPSA) is 54.0 Å². The molecule has 2 N–H and O–H groups in total. The summed E-state index contributed by atoms with van der Waals surface area (Å²) < 4.78 is 1.01. The fourth-order valence-corrected chi connectivity index (χ4v) is 2.61. The minimum Gasteiger partial charge on any atom is -0.354 e. The summed E-state index contributed by atoms with van der Waals surface area (Å²) in [6.45, 7) is 4.02. The maximum Gasteiger partial charge on any atom is 0.257 e. The highest BCUT2D eigenvalue weighted by Crippen LogP contribution is 2.21.